The van der Waals surface area contributed by atoms with Gasteiger partial charge in [-0.2, -0.15) is 10.5 Å². The summed E-state index contributed by atoms with van der Waals surface area (Å²) in [7, 11) is 0. The molecule has 8 aromatic rings. The Morgan fingerprint density at radius 3 is 1.83 bits per heavy atom. The molecule has 0 bridgehead atoms. The number of hydrogen-bond donors (Lipinski definition) is 0. The zero-order valence-corrected chi connectivity index (χ0v) is 32.2. The fraction of sp³-hybridized carbons (Fsp3) is 0.0566. The van der Waals surface area contributed by atoms with E-state index < -0.39 is 5.41 Å². The largest absolute Gasteiger partial charge is 0.313 e. The monoisotopic (exact) mass is 758 g/mol. The molecular weight excluding hydrogens is 725 g/mol. The van der Waals surface area contributed by atoms with Crippen molar-refractivity contribution in [1.82, 2.24) is 4.57 Å². The number of aromatic nitrogens is 1. The lowest BCUT2D eigenvalue weighted by molar-refractivity contribution is 0.732. The fourth-order valence-corrected chi connectivity index (χ4v) is 10.8. The quantitative estimate of drug-likeness (QED) is 0.168. The Bertz CT molecular complexity index is 3010. The van der Waals surface area contributed by atoms with E-state index in [1.54, 1.807) is 11.8 Å². The highest BCUT2D eigenvalue weighted by molar-refractivity contribution is 7.99. The van der Waals surface area contributed by atoms with Gasteiger partial charge in [0.25, 0.3) is 0 Å². The lowest BCUT2D eigenvalue weighted by Gasteiger charge is -2.43. The Kier molecular flexibility index (Phi) is 7.86. The molecule has 3 aliphatic rings. The van der Waals surface area contributed by atoms with Crippen molar-refractivity contribution in [2.75, 3.05) is 4.90 Å². The van der Waals surface area contributed by atoms with E-state index in [1.165, 1.54) is 32.0 Å². The first kappa shape index (κ1) is 34.0. The molecule has 2 heterocycles. The maximum Gasteiger partial charge on any atom is 0.138 e. The maximum atomic E-state index is 10.4. The summed E-state index contributed by atoms with van der Waals surface area (Å²) in [5.41, 5.74) is 14.4. The van der Waals surface area contributed by atoms with Gasteiger partial charge in [0.05, 0.1) is 22.3 Å². The zero-order chi connectivity index (χ0) is 38.8. The molecule has 0 saturated heterocycles. The highest BCUT2D eigenvalue weighted by Gasteiger charge is 2.46. The minimum Gasteiger partial charge on any atom is -0.313 e. The van der Waals surface area contributed by atoms with Gasteiger partial charge >= 0.3 is 0 Å². The topological polar surface area (TPSA) is 55.8 Å². The number of rotatable bonds is 4. The molecule has 7 aromatic carbocycles. The van der Waals surface area contributed by atoms with Gasteiger partial charge in [-0.3, -0.25) is 0 Å². The first-order valence-corrected chi connectivity index (χ1v) is 20.4. The third-order valence-corrected chi connectivity index (χ3v) is 13.2. The molecular formula is C53H34N4S. The zero-order valence-electron chi connectivity index (χ0n) is 31.4. The van der Waals surface area contributed by atoms with Crippen LogP contribution in [0.4, 0.5) is 17.1 Å². The molecule has 0 atom stereocenters. The molecule has 0 N–H and O–H groups in total. The molecule has 1 aliphatic heterocycles. The van der Waals surface area contributed by atoms with Gasteiger partial charge < -0.3 is 9.47 Å². The van der Waals surface area contributed by atoms with Gasteiger partial charge in [0.2, 0.25) is 0 Å². The predicted octanol–water partition coefficient (Wildman–Crippen LogP) is 13.1. The molecule has 0 amide bonds. The lowest BCUT2D eigenvalue weighted by Crippen LogP contribution is -2.36. The Balaban J connectivity index is 1.21. The molecule has 0 radical (unpaired) electrons. The highest BCUT2D eigenvalue weighted by atomic mass is 32.2. The van der Waals surface area contributed by atoms with Crippen LogP contribution in [0.1, 0.15) is 51.1 Å². The Labute approximate surface area is 341 Å². The Hall–Kier alpha value is -7.31. The van der Waals surface area contributed by atoms with Crippen LogP contribution in [0.3, 0.4) is 0 Å². The molecule has 5 heteroatoms. The maximum absolute atomic E-state index is 10.4. The van der Waals surface area contributed by atoms with E-state index in [0.717, 1.165) is 69.0 Å². The molecule has 0 spiro atoms. The van der Waals surface area contributed by atoms with Crippen LogP contribution in [0, 0.1) is 22.7 Å². The Morgan fingerprint density at radius 1 is 0.586 bits per heavy atom. The average Bonchev–Trinajstić information content (AvgIpc) is 3.62. The number of hydrogen-bond acceptors (Lipinski definition) is 4. The molecule has 1 aromatic heterocycles. The summed E-state index contributed by atoms with van der Waals surface area (Å²) in [5.74, 6) is 0. The fourth-order valence-electron chi connectivity index (χ4n) is 9.71. The number of nitrogens with zero attached hydrogens (tertiary/aromatic N) is 4. The van der Waals surface area contributed by atoms with Crippen molar-refractivity contribution in [2.24, 2.45) is 0 Å². The summed E-state index contributed by atoms with van der Waals surface area (Å²) < 4.78 is 2.43. The van der Waals surface area contributed by atoms with Gasteiger partial charge in [0.1, 0.15) is 17.7 Å². The van der Waals surface area contributed by atoms with Crippen LogP contribution >= 0.6 is 11.8 Å². The van der Waals surface area contributed by atoms with Crippen molar-refractivity contribution in [1.29, 1.82) is 10.5 Å². The number of para-hydroxylation sites is 3. The second kappa shape index (κ2) is 13.4. The van der Waals surface area contributed by atoms with Crippen molar-refractivity contribution in [3.05, 3.63) is 226 Å². The summed E-state index contributed by atoms with van der Waals surface area (Å²) >= 11 is 1.81. The van der Waals surface area contributed by atoms with Gasteiger partial charge in [-0.1, -0.05) is 133 Å². The summed E-state index contributed by atoms with van der Waals surface area (Å²) in [6, 6.07) is 65.2. The SMILES string of the molecule is N#CC(C#N)=C1c2ccccc2C(c2ccc(N3c4ccccc4Sc4ccccc43)cc2)(c2ccc3c(c2)c2c(n3-c3ccccc3)CCC=C2)c2ccccc21. The highest BCUT2D eigenvalue weighted by Crippen LogP contribution is 2.56. The van der Waals surface area contributed by atoms with E-state index in [2.05, 4.69) is 191 Å². The van der Waals surface area contributed by atoms with Crippen LogP contribution in [0.25, 0.3) is 28.2 Å². The minimum atomic E-state index is -0.799. The van der Waals surface area contributed by atoms with Crippen LogP contribution in [-0.2, 0) is 11.8 Å². The standard InChI is InChI=1S/C53H34N4S/c54-33-35(34-55)52-41-17-4-7-19-44(41)53(45-20-8-5-18-42(45)52,37-28-31-47-43(32-37)40-16-6-9-21-46(40)56(47)38-14-2-1-3-15-38)36-26-29-39(30-27-36)57-48-22-10-12-24-50(48)58-51-25-13-11-23-49(51)57/h1-8,10-20,22-32H,9,21H2. The second-order valence-electron chi connectivity index (χ2n) is 14.9. The summed E-state index contributed by atoms with van der Waals surface area (Å²) in [4.78, 5) is 4.80. The van der Waals surface area contributed by atoms with E-state index in [4.69, 9.17) is 0 Å². The number of benzene rings is 7. The second-order valence-corrected chi connectivity index (χ2v) is 16.0. The summed E-state index contributed by atoms with van der Waals surface area (Å²) in [6.07, 6.45) is 6.55. The third-order valence-electron chi connectivity index (χ3n) is 12.1. The van der Waals surface area contributed by atoms with Crippen molar-refractivity contribution in [3.8, 4) is 17.8 Å². The molecule has 11 rings (SSSR count). The molecule has 0 unspecified atom stereocenters. The van der Waals surface area contributed by atoms with Crippen molar-refractivity contribution in [2.45, 2.75) is 28.0 Å². The van der Waals surface area contributed by atoms with Crippen LogP contribution in [0.15, 0.2) is 191 Å². The van der Waals surface area contributed by atoms with Gasteiger partial charge in [-0.25, -0.2) is 0 Å². The van der Waals surface area contributed by atoms with Crippen molar-refractivity contribution >= 4 is 51.4 Å². The van der Waals surface area contributed by atoms with E-state index in [9.17, 15) is 10.5 Å². The van der Waals surface area contributed by atoms with Gasteiger partial charge in [0.15, 0.2) is 0 Å². The van der Waals surface area contributed by atoms with Crippen LogP contribution < -0.4 is 4.90 Å². The molecule has 58 heavy (non-hydrogen) atoms. The summed E-state index contributed by atoms with van der Waals surface area (Å²) in [6.45, 7) is 0. The normalized spacial score (nSPS) is 16.0. The Morgan fingerprint density at radius 2 is 1.17 bits per heavy atom. The minimum absolute atomic E-state index is 0.110. The summed E-state index contributed by atoms with van der Waals surface area (Å²) in [5, 5.41) is 21.9. The third kappa shape index (κ3) is 4.88. The van der Waals surface area contributed by atoms with E-state index in [0.29, 0.717) is 5.57 Å². The number of fused-ring (bicyclic) bond motifs is 7. The van der Waals surface area contributed by atoms with E-state index in [1.807, 2.05) is 12.1 Å². The molecule has 0 saturated carbocycles. The lowest BCUT2D eigenvalue weighted by atomic mass is 9.58. The molecule has 2 aliphatic carbocycles. The molecule has 272 valence electrons. The smallest absolute Gasteiger partial charge is 0.138 e. The van der Waals surface area contributed by atoms with Gasteiger partial charge in [-0.15, -0.1) is 0 Å². The predicted molar refractivity (Wildman–Crippen MR) is 235 cm³/mol. The van der Waals surface area contributed by atoms with Crippen LogP contribution in [-0.4, -0.2) is 4.57 Å². The van der Waals surface area contributed by atoms with Crippen LogP contribution in [0.5, 0.6) is 0 Å². The van der Waals surface area contributed by atoms with Gasteiger partial charge in [0, 0.05) is 43.4 Å². The number of allylic oxidation sites excluding steroid dienone is 2. The number of nitriles is 2. The van der Waals surface area contributed by atoms with E-state index >= 15 is 0 Å². The first-order chi connectivity index (χ1) is 28.7. The molecule has 4 nitrogen and oxygen atoms in total. The van der Waals surface area contributed by atoms with Crippen molar-refractivity contribution in [3.63, 3.8) is 0 Å². The average molecular weight is 759 g/mol. The molecule has 0 fully saturated rings. The van der Waals surface area contributed by atoms with E-state index in [-0.39, 0.29) is 5.57 Å². The first-order valence-electron chi connectivity index (χ1n) is 19.6. The number of anilines is 3. The van der Waals surface area contributed by atoms with Crippen molar-refractivity contribution < 1.29 is 0 Å². The van der Waals surface area contributed by atoms with Gasteiger partial charge in [-0.05, 0) is 107 Å². The van der Waals surface area contributed by atoms with Crippen LogP contribution in [0.2, 0.25) is 0 Å².